The molecule has 0 amide bonds. The average molecular weight is 449 g/mol. The van der Waals surface area contributed by atoms with E-state index in [-0.39, 0.29) is 17.4 Å². The van der Waals surface area contributed by atoms with E-state index in [0.717, 1.165) is 28.5 Å². The van der Waals surface area contributed by atoms with E-state index in [4.69, 9.17) is 9.47 Å². The lowest BCUT2D eigenvalue weighted by molar-refractivity contribution is 0.297. The zero-order valence-corrected chi connectivity index (χ0v) is 18.3. The molecule has 1 aliphatic heterocycles. The Balaban J connectivity index is 1.45. The first-order valence-corrected chi connectivity index (χ1v) is 12.1. The lowest BCUT2D eigenvalue weighted by Gasteiger charge is -2.18. The second kappa shape index (κ2) is 8.68. The van der Waals surface area contributed by atoms with Crippen molar-refractivity contribution in [3.05, 3.63) is 90.1 Å². The second-order valence-electron chi connectivity index (χ2n) is 7.76. The minimum atomic E-state index is -3.75. The maximum atomic E-state index is 13.2. The number of benzene rings is 3. The van der Waals surface area contributed by atoms with Crippen molar-refractivity contribution in [2.75, 3.05) is 19.8 Å². The number of ether oxygens (including phenoxy) is 2. The number of aromatic nitrogens is 1. The lowest BCUT2D eigenvalue weighted by Crippen LogP contribution is -2.29. The van der Waals surface area contributed by atoms with E-state index in [1.54, 1.807) is 12.1 Å². The van der Waals surface area contributed by atoms with Crippen LogP contribution in [-0.4, -0.2) is 33.2 Å². The van der Waals surface area contributed by atoms with Gasteiger partial charge in [0, 0.05) is 42.0 Å². The molecule has 164 valence electrons. The third kappa shape index (κ3) is 4.09. The molecular weight excluding hydrogens is 424 g/mol. The molecule has 4 aromatic rings. The van der Waals surface area contributed by atoms with Crippen molar-refractivity contribution in [3.63, 3.8) is 0 Å². The van der Waals surface area contributed by atoms with Crippen LogP contribution >= 0.6 is 0 Å². The molecule has 0 unspecified atom stereocenters. The second-order valence-corrected chi connectivity index (χ2v) is 9.53. The Bertz CT molecular complexity index is 1330. The van der Waals surface area contributed by atoms with Crippen LogP contribution in [0.5, 0.6) is 11.5 Å². The highest BCUT2D eigenvalue weighted by molar-refractivity contribution is 7.89. The molecule has 0 saturated carbocycles. The summed E-state index contributed by atoms with van der Waals surface area (Å²) in [7, 11) is -3.75. The number of rotatable bonds is 6. The fourth-order valence-corrected chi connectivity index (χ4v) is 5.12. The van der Waals surface area contributed by atoms with Crippen LogP contribution in [-0.2, 0) is 10.0 Å². The van der Waals surface area contributed by atoms with Crippen LogP contribution < -0.4 is 14.2 Å². The molecule has 0 radical (unpaired) electrons. The monoisotopic (exact) mass is 448 g/mol. The lowest BCUT2D eigenvalue weighted by atomic mass is 9.91. The highest BCUT2D eigenvalue weighted by atomic mass is 32.2. The third-order valence-electron chi connectivity index (χ3n) is 5.71. The molecule has 32 heavy (non-hydrogen) atoms. The molecule has 2 N–H and O–H groups in total. The smallest absolute Gasteiger partial charge is 0.240 e. The highest BCUT2D eigenvalue weighted by Gasteiger charge is 2.23. The first-order chi connectivity index (χ1) is 15.6. The molecule has 1 aliphatic rings. The molecule has 3 aromatic carbocycles. The van der Waals surface area contributed by atoms with Gasteiger partial charge in [-0.2, -0.15) is 0 Å². The predicted molar refractivity (Wildman–Crippen MR) is 124 cm³/mol. The molecule has 1 atom stereocenters. The zero-order valence-electron chi connectivity index (χ0n) is 17.5. The van der Waals surface area contributed by atoms with Crippen LogP contribution in [0.1, 0.15) is 23.5 Å². The van der Waals surface area contributed by atoms with Gasteiger partial charge in [-0.25, -0.2) is 13.1 Å². The molecule has 0 bridgehead atoms. The normalized spacial score (nSPS) is 14.8. The Morgan fingerprint density at radius 3 is 2.50 bits per heavy atom. The Labute approximate surface area is 187 Å². The summed E-state index contributed by atoms with van der Waals surface area (Å²) in [4.78, 5) is 3.46. The maximum Gasteiger partial charge on any atom is 0.240 e. The van der Waals surface area contributed by atoms with Gasteiger partial charge in [0.2, 0.25) is 10.0 Å². The molecular formula is C25H24N2O4S. The molecule has 2 heterocycles. The van der Waals surface area contributed by atoms with Crippen molar-refractivity contribution >= 4 is 20.9 Å². The fraction of sp³-hybridized carbons (Fsp3) is 0.200. The van der Waals surface area contributed by atoms with Crippen molar-refractivity contribution in [2.24, 2.45) is 0 Å². The van der Waals surface area contributed by atoms with Crippen molar-refractivity contribution in [1.82, 2.24) is 9.71 Å². The Hall–Kier alpha value is -3.29. The highest BCUT2D eigenvalue weighted by Crippen LogP contribution is 2.33. The van der Waals surface area contributed by atoms with Gasteiger partial charge in [-0.15, -0.1) is 0 Å². The molecule has 6 nitrogen and oxygen atoms in total. The van der Waals surface area contributed by atoms with E-state index in [1.165, 1.54) is 6.07 Å². The number of aromatic amines is 1. The van der Waals surface area contributed by atoms with Gasteiger partial charge in [-0.05, 0) is 29.3 Å². The van der Waals surface area contributed by atoms with Crippen molar-refractivity contribution in [1.29, 1.82) is 0 Å². The fourth-order valence-electron chi connectivity index (χ4n) is 4.06. The van der Waals surface area contributed by atoms with Crippen molar-refractivity contribution < 1.29 is 17.9 Å². The first-order valence-electron chi connectivity index (χ1n) is 10.6. The molecule has 5 rings (SSSR count). The van der Waals surface area contributed by atoms with Gasteiger partial charge in [-0.3, -0.25) is 0 Å². The summed E-state index contributed by atoms with van der Waals surface area (Å²) in [6, 6.07) is 22.7. The number of hydrogen-bond acceptors (Lipinski definition) is 4. The van der Waals surface area contributed by atoms with Crippen LogP contribution in [0.3, 0.4) is 0 Å². The number of fused-ring (bicyclic) bond motifs is 2. The predicted octanol–water partition coefficient (Wildman–Crippen LogP) is 4.44. The Morgan fingerprint density at radius 2 is 1.66 bits per heavy atom. The largest absolute Gasteiger partial charge is 0.490 e. The summed E-state index contributed by atoms with van der Waals surface area (Å²) in [6.07, 6.45) is 2.72. The van der Waals surface area contributed by atoms with E-state index in [9.17, 15) is 8.42 Å². The molecule has 7 heteroatoms. The summed E-state index contributed by atoms with van der Waals surface area (Å²) in [6.45, 7) is 1.28. The maximum absolute atomic E-state index is 13.2. The van der Waals surface area contributed by atoms with Crippen LogP contribution in [0.15, 0.2) is 83.9 Å². The quantitative estimate of drug-likeness (QED) is 0.457. The zero-order chi connectivity index (χ0) is 22.0. The van der Waals surface area contributed by atoms with Gasteiger partial charge in [0.1, 0.15) is 0 Å². The number of H-pyrrole nitrogens is 1. The van der Waals surface area contributed by atoms with Gasteiger partial charge >= 0.3 is 0 Å². The summed E-state index contributed by atoms with van der Waals surface area (Å²) in [5.41, 5.74) is 3.11. The number of para-hydroxylation sites is 1. The molecule has 0 fully saturated rings. The molecule has 0 saturated heterocycles. The minimum Gasteiger partial charge on any atom is -0.490 e. The van der Waals surface area contributed by atoms with E-state index in [2.05, 4.69) is 15.8 Å². The molecule has 0 aliphatic carbocycles. The summed E-state index contributed by atoms with van der Waals surface area (Å²) in [5.74, 6) is 0.881. The van der Waals surface area contributed by atoms with Gasteiger partial charge in [0.25, 0.3) is 0 Å². The van der Waals surface area contributed by atoms with Gasteiger partial charge < -0.3 is 14.5 Å². The number of hydrogen-bond donors (Lipinski definition) is 2. The van der Waals surface area contributed by atoms with Gasteiger partial charge in [-0.1, -0.05) is 48.5 Å². The van der Waals surface area contributed by atoms with E-state index in [0.29, 0.717) is 24.7 Å². The average Bonchev–Trinajstić information content (AvgIpc) is 3.09. The standard InChI is InChI=1S/C25H24N2O4S/c28-32(29,19-11-12-24-25(15-19)31-14-6-13-30-24)27-17-21(18-7-2-1-3-8-18)22-16-26-23-10-5-4-9-20(22)23/h1-5,7-12,15-16,21,26-27H,6,13-14,17H2/t21-/m0/s1. The topological polar surface area (TPSA) is 80.4 Å². The summed E-state index contributed by atoms with van der Waals surface area (Å²) < 4.78 is 40.4. The van der Waals surface area contributed by atoms with Crippen molar-refractivity contribution in [2.45, 2.75) is 17.2 Å². The van der Waals surface area contributed by atoms with Crippen LogP contribution in [0.2, 0.25) is 0 Å². The number of nitrogens with one attached hydrogen (secondary N) is 2. The summed E-state index contributed by atoms with van der Waals surface area (Å²) in [5, 5.41) is 1.08. The van der Waals surface area contributed by atoms with Gasteiger partial charge in [0.15, 0.2) is 11.5 Å². The first kappa shape index (κ1) is 20.6. The van der Waals surface area contributed by atoms with Crippen LogP contribution in [0, 0.1) is 0 Å². The van der Waals surface area contributed by atoms with E-state index < -0.39 is 10.0 Å². The van der Waals surface area contributed by atoms with Crippen LogP contribution in [0.25, 0.3) is 10.9 Å². The Kier molecular flexibility index (Phi) is 5.59. The molecule has 0 spiro atoms. The van der Waals surface area contributed by atoms with Crippen LogP contribution in [0.4, 0.5) is 0 Å². The van der Waals surface area contributed by atoms with E-state index >= 15 is 0 Å². The number of sulfonamides is 1. The van der Waals surface area contributed by atoms with E-state index in [1.807, 2.05) is 54.7 Å². The minimum absolute atomic E-state index is 0.150. The van der Waals surface area contributed by atoms with Gasteiger partial charge in [0.05, 0.1) is 18.1 Å². The SMILES string of the molecule is O=S(=O)(NC[C@@H](c1ccccc1)c1c[nH]c2ccccc12)c1ccc2c(c1)OCCCO2. The van der Waals surface area contributed by atoms with Crippen molar-refractivity contribution in [3.8, 4) is 11.5 Å². The molecule has 1 aromatic heterocycles. The Morgan fingerprint density at radius 1 is 0.906 bits per heavy atom. The summed E-state index contributed by atoms with van der Waals surface area (Å²) >= 11 is 0. The third-order valence-corrected chi connectivity index (χ3v) is 7.13.